The molecule has 1 aliphatic rings. The molecule has 2 rings (SSSR count). The van der Waals surface area contributed by atoms with Gasteiger partial charge in [0, 0.05) is 6.04 Å². The Morgan fingerprint density at radius 1 is 1.67 bits per heavy atom. The van der Waals surface area contributed by atoms with Crippen LogP contribution in [0.1, 0.15) is 38.0 Å². The van der Waals surface area contributed by atoms with Gasteiger partial charge < -0.3 is 9.73 Å². The summed E-state index contributed by atoms with van der Waals surface area (Å²) in [4.78, 5) is 0. The van der Waals surface area contributed by atoms with Crippen LogP contribution in [0.4, 0.5) is 0 Å². The number of rotatable bonds is 4. The minimum absolute atomic E-state index is 0.424. The molecule has 0 spiro atoms. The summed E-state index contributed by atoms with van der Waals surface area (Å²) >= 11 is 0. The van der Waals surface area contributed by atoms with Crippen molar-refractivity contribution >= 4 is 0 Å². The maximum Gasteiger partial charge on any atom is 0.120 e. The zero-order valence-electron chi connectivity index (χ0n) is 7.42. The lowest BCUT2D eigenvalue weighted by molar-refractivity contribution is 0.402. The Morgan fingerprint density at radius 2 is 2.50 bits per heavy atom. The predicted molar refractivity (Wildman–Crippen MR) is 47.9 cm³/mol. The molecule has 1 unspecified atom stereocenters. The third kappa shape index (κ3) is 1.69. The highest BCUT2D eigenvalue weighted by Crippen LogP contribution is 2.25. The largest absolute Gasteiger partial charge is 0.468 e. The molecule has 2 nitrogen and oxygen atoms in total. The van der Waals surface area contributed by atoms with E-state index in [1.165, 1.54) is 12.8 Å². The van der Waals surface area contributed by atoms with E-state index >= 15 is 0 Å². The molecule has 1 atom stereocenters. The van der Waals surface area contributed by atoms with Gasteiger partial charge >= 0.3 is 0 Å². The second-order valence-electron chi connectivity index (χ2n) is 3.42. The summed E-state index contributed by atoms with van der Waals surface area (Å²) in [5.41, 5.74) is 0. The summed E-state index contributed by atoms with van der Waals surface area (Å²) in [5.74, 6) is 1.07. The molecule has 1 aromatic heterocycles. The van der Waals surface area contributed by atoms with E-state index in [0.717, 1.165) is 18.2 Å². The van der Waals surface area contributed by atoms with Crippen molar-refractivity contribution in [2.75, 3.05) is 0 Å². The Balaban J connectivity index is 1.97. The molecule has 1 heterocycles. The summed E-state index contributed by atoms with van der Waals surface area (Å²) in [6.45, 7) is 2.18. The molecule has 1 saturated carbocycles. The Labute approximate surface area is 73.0 Å². The highest BCUT2D eigenvalue weighted by atomic mass is 16.3. The van der Waals surface area contributed by atoms with Crippen molar-refractivity contribution in [3.63, 3.8) is 0 Å². The molecule has 2 heteroatoms. The Hall–Kier alpha value is -0.760. The van der Waals surface area contributed by atoms with Crippen molar-refractivity contribution < 1.29 is 4.42 Å². The Morgan fingerprint density at radius 3 is 3.00 bits per heavy atom. The molecule has 0 saturated heterocycles. The third-order valence-corrected chi connectivity index (χ3v) is 2.31. The van der Waals surface area contributed by atoms with Gasteiger partial charge in [0.2, 0.25) is 0 Å². The third-order valence-electron chi connectivity index (χ3n) is 2.31. The van der Waals surface area contributed by atoms with Gasteiger partial charge in [-0.25, -0.2) is 0 Å². The Kier molecular flexibility index (Phi) is 2.17. The summed E-state index contributed by atoms with van der Waals surface area (Å²) in [5, 5.41) is 3.55. The molecule has 1 fully saturated rings. The van der Waals surface area contributed by atoms with E-state index in [-0.39, 0.29) is 0 Å². The van der Waals surface area contributed by atoms with Gasteiger partial charge in [-0.2, -0.15) is 0 Å². The molecular weight excluding hydrogens is 150 g/mol. The fourth-order valence-corrected chi connectivity index (χ4v) is 1.43. The van der Waals surface area contributed by atoms with Gasteiger partial charge in [-0.3, -0.25) is 0 Å². The fourth-order valence-electron chi connectivity index (χ4n) is 1.43. The smallest absolute Gasteiger partial charge is 0.120 e. The number of hydrogen-bond donors (Lipinski definition) is 1. The molecule has 0 bridgehead atoms. The van der Waals surface area contributed by atoms with E-state index in [9.17, 15) is 0 Å². The fraction of sp³-hybridized carbons (Fsp3) is 0.600. The number of hydrogen-bond acceptors (Lipinski definition) is 2. The SMILES string of the molecule is CCC(NC1CC1)c1ccco1. The zero-order chi connectivity index (χ0) is 8.39. The zero-order valence-corrected chi connectivity index (χ0v) is 7.42. The minimum atomic E-state index is 0.424. The van der Waals surface area contributed by atoms with Crippen LogP contribution in [0, 0.1) is 0 Å². The van der Waals surface area contributed by atoms with Crippen LogP contribution in [-0.2, 0) is 0 Å². The molecule has 1 N–H and O–H groups in total. The van der Waals surface area contributed by atoms with Crippen LogP contribution in [0.25, 0.3) is 0 Å². The Bertz CT molecular complexity index is 226. The lowest BCUT2D eigenvalue weighted by atomic mass is 10.2. The molecule has 66 valence electrons. The second kappa shape index (κ2) is 3.31. The minimum Gasteiger partial charge on any atom is -0.468 e. The van der Waals surface area contributed by atoms with Crippen molar-refractivity contribution in [3.05, 3.63) is 24.2 Å². The standard InChI is InChI=1S/C10H15NO/c1-2-9(11-8-5-6-8)10-4-3-7-12-10/h3-4,7-9,11H,2,5-6H2,1H3. The van der Waals surface area contributed by atoms with E-state index in [0.29, 0.717) is 6.04 Å². The lowest BCUT2D eigenvalue weighted by Gasteiger charge is -2.13. The first-order chi connectivity index (χ1) is 5.90. The van der Waals surface area contributed by atoms with E-state index in [1.54, 1.807) is 6.26 Å². The monoisotopic (exact) mass is 165 g/mol. The molecule has 0 amide bonds. The highest BCUT2D eigenvalue weighted by Gasteiger charge is 2.25. The number of furan rings is 1. The maximum atomic E-state index is 5.35. The average molecular weight is 165 g/mol. The van der Waals surface area contributed by atoms with E-state index in [2.05, 4.69) is 12.2 Å². The van der Waals surface area contributed by atoms with Crippen LogP contribution in [-0.4, -0.2) is 6.04 Å². The van der Waals surface area contributed by atoms with E-state index in [4.69, 9.17) is 4.42 Å². The molecule has 0 radical (unpaired) electrons. The van der Waals surface area contributed by atoms with Gasteiger partial charge in [-0.05, 0) is 31.4 Å². The van der Waals surface area contributed by atoms with Gasteiger partial charge in [0.05, 0.1) is 12.3 Å². The molecular formula is C10H15NO. The molecule has 1 aliphatic carbocycles. The van der Waals surface area contributed by atoms with Gasteiger partial charge in [0.1, 0.15) is 5.76 Å². The second-order valence-corrected chi connectivity index (χ2v) is 3.42. The van der Waals surface area contributed by atoms with Crippen molar-refractivity contribution in [2.45, 2.75) is 38.3 Å². The van der Waals surface area contributed by atoms with E-state index in [1.807, 2.05) is 12.1 Å². The van der Waals surface area contributed by atoms with E-state index < -0.39 is 0 Å². The van der Waals surface area contributed by atoms with Crippen molar-refractivity contribution in [3.8, 4) is 0 Å². The molecule has 1 aromatic rings. The van der Waals surface area contributed by atoms with Crippen LogP contribution in [0.2, 0.25) is 0 Å². The van der Waals surface area contributed by atoms with Crippen molar-refractivity contribution in [2.24, 2.45) is 0 Å². The van der Waals surface area contributed by atoms with Gasteiger partial charge in [0.15, 0.2) is 0 Å². The van der Waals surface area contributed by atoms with Crippen LogP contribution in [0.15, 0.2) is 22.8 Å². The molecule has 0 aromatic carbocycles. The van der Waals surface area contributed by atoms with Crippen LogP contribution < -0.4 is 5.32 Å². The summed E-state index contributed by atoms with van der Waals surface area (Å²) in [7, 11) is 0. The first-order valence-electron chi connectivity index (χ1n) is 4.69. The van der Waals surface area contributed by atoms with Crippen LogP contribution in [0.5, 0.6) is 0 Å². The van der Waals surface area contributed by atoms with Gasteiger partial charge in [-0.1, -0.05) is 6.92 Å². The first kappa shape index (κ1) is 7.87. The van der Waals surface area contributed by atoms with Crippen molar-refractivity contribution in [1.82, 2.24) is 5.32 Å². The predicted octanol–water partition coefficient (Wildman–Crippen LogP) is 2.48. The molecule has 0 aliphatic heterocycles. The first-order valence-corrected chi connectivity index (χ1v) is 4.69. The van der Waals surface area contributed by atoms with Gasteiger partial charge in [-0.15, -0.1) is 0 Å². The van der Waals surface area contributed by atoms with Gasteiger partial charge in [0.25, 0.3) is 0 Å². The van der Waals surface area contributed by atoms with Crippen LogP contribution >= 0.6 is 0 Å². The summed E-state index contributed by atoms with van der Waals surface area (Å²) in [6, 6.07) is 5.17. The quantitative estimate of drug-likeness (QED) is 0.741. The summed E-state index contributed by atoms with van der Waals surface area (Å²) < 4.78 is 5.35. The van der Waals surface area contributed by atoms with Crippen LogP contribution in [0.3, 0.4) is 0 Å². The number of nitrogens with one attached hydrogen (secondary N) is 1. The average Bonchev–Trinajstić information content (AvgIpc) is 2.74. The lowest BCUT2D eigenvalue weighted by Crippen LogP contribution is -2.22. The van der Waals surface area contributed by atoms with Crippen molar-refractivity contribution in [1.29, 1.82) is 0 Å². The maximum absolute atomic E-state index is 5.35. The summed E-state index contributed by atoms with van der Waals surface area (Å²) in [6.07, 6.45) is 5.50. The highest BCUT2D eigenvalue weighted by molar-refractivity contribution is 5.05. The normalized spacial score (nSPS) is 19.4. The topological polar surface area (TPSA) is 25.2 Å². The molecule has 12 heavy (non-hydrogen) atoms.